The Labute approximate surface area is 244 Å². The van der Waals surface area contributed by atoms with Gasteiger partial charge in [0.1, 0.15) is 11.5 Å². The van der Waals surface area contributed by atoms with Crippen molar-refractivity contribution in [3.63, 3.8) is 0 Å². The summed E-state index contributed by atoms with van der Waals surface area (Å²) < 4.78 is 10.4. The van der Waals surface area contributed by atoms with Gasteiger partial charge >= 0.3 is 0 Å². The highest BCUT2D eigenvalue weighted by Crippen LogP contribution is 2.61. The zero-order valence-corrected chi connectivity index (χ0v) is 23.7. The van der Waals surface area contributed by atoms with Crippen LogP contribution < -0.4 is 4.74 Å². The highest BCUT2D eigenvalue weighted by atomic mass is 79.9. The Bertz CT molecular complexity index is 2170. The topological polar surface area (TPSA) is 9.23 Å². The van der Waals surface area contributed by atoms with E-state index in [0.717, 1.165) is 16.0 Å². The summed E-state index contributed by atoms with van der Waals surface area (Å²) in [6, 6.07) is 46.5. The number of hydrogen-bond acceptors (Lipinski definition) is 2. The van der Waals surface area contributed by atoms with E-state index in [-0.39, 0.29) is 0 Å². The van der Waals surface area contributed by atoms with Crippen molar-refractivity contribution in [2.24, 2.45) is 0 Å². The van der Waals surface area contributed by atoms with Crippen LogP contribution >= 0.6 is 27.3 Å². The molecule has 0 fully saturated rings. The summed E-state index contributed by atoms with van der Waals surface area (Å²) in [4.78, 5) is 0. The van der Waals surface area contributed by atoms with Crippen molar-refractivity contribution < 1.29 is 4.74 Å². The van der Waals surface area contributed by atoms with E-state index in [1.165, 1.54) is 64.7 Å². The van der Waals surface area contributed by atoms with E-state index in [2.05, 4.69) is 143 Å². The van der Waals surface area contributed by atoms with Crippen LogP contribution in [0.25, 0.3) is 42.4 Å². The number of rotatable bonds is 0. The number of fused-ring (bicyclic) bond motifs is 14. The van der Waals surface area contributed by atoms with Gasteiger partial charge in [-0.3, -0.25) is 0 Å². The van der Waals surface area contributed by atoms with E-state index in [0.29, 0.717) is 0 Å². The van der Waals surface area contributed by atoms with E-state index < -0.39 is 5.41 Å². The molecule has 0 amide bonds. The van der Waals surface area contributed by atoms with Crippen molar-refractivity contribution in [2.45, 2.75) is 5.41 Å². The van der Waals surface area contributed by atoms with Gasteiger partial charge in [0.2, 0.25) is 0 Å². The molecule has 1 atom stereocenters. The second-order valence-corrected chi connectivity index (χ2v) is 12.6. The van der Waals surface area contributed by atoms with Crippen LogP contribution in [0.3, 0.4) is 0 Å². The Morgan fingerprint density at radius 3 is 2.00 bits per heavy atom. The van der Waals surface area contributed by atoms with Crippen molar-refractivity contribution >= 4 is 47.4 Å². The minimum absolute atomic E-state index is 0.580. The molecule has 1 aromatic heterocycles. The summed E-state index contributed by atoms with van der Waals surface area (Å²) in [5.41, 5.74) is 9.32. The molecule has 1 aliphatic heterocycles. The summed E-state index contributed by atoms with van der Waals surface area (Å²) in [7, 11) is 0. The fourth-order valence-electron chi connectivity index (χ4n) is 7.04. The van der Waals surface area contributed by atoms with Gasteiger partial charge in [0, 0.05) is 35.8 Å². The lowest BCUT2D eigenvalue weighted by molar-refractivity contribution is 0.436. The molecule has 2 aliphatic rings. The number of hydrogen-bond donors (Lipinski definition) is 0. The third-order valence-corrected chi connectivity index (χ3v) is 10.2. The van der Waals surface area contributed by atoms with Crippen LogP contribution in [0.2, 0.25) is 0 Å². The van der Waals surface area contributed by atoms with Gasteiger partial charge < -0.3 is 4.74 Å². The van der Waals surface area contributed by atoms with Crippen LogP contribution in [0, 0.1) is 0 Å². The summed E-state index contributed by atoms with van der Waals surface area (Å²) >= 11 is 5.72. The lowest BCUT2D eigenvalue weighted by Gasteiger charge is -2.42. The summed E-state index contributed by atoms with van der Waals surface area (Å²) in [6.07, 6.45) is 0. The number of halogens is 1. The van der Waals surface area contributed by atoms with Gasteiger partial charge in [0.15, 0.2) is 0 Å². The molecule has 1 unspecified atom stereocenters. The smallest absolute Gasteiger partial charge is 0.132 e. The molecule has 2 heterocycles. The molecule has 6 aromatic carbocycles. The number of thiophene rings is 1. The normalized spacial score (nSPS) is 16.4. The van der Waals surface area contributed by atoms with Crippen LogP contribution in [-0.4, -0.2) is 0 Å². The maximum Gasteiger partial charge on any atom is 0.132 e. The van der Waals surface area contributed by atoms with Gasteiger partial charge in [-0.25, -0.2) is 0 Å². The van der Waals surface area contributed by atoms with Gasteiger partial charge in [0.05, 0.1) is 5.41 Å². The van der Waals surface area contributed by atoms with Crippen molar-refractivity contribution in [2.75, 3.05) is 0 Å². The average molecular weight is 594 g/mol. The lowest BCUT2D eigenvalue weighted by Crippen LogP contribution is -2.34. The molecule has 0 N–H and O–H groups in total. The minimum Gasteiger partial charge on any atom is -0.457 e. The molecular weight excluding hydrogens is 572 g/mol. The van der Waals surface area contributed by atoms with E-state index in [1.807, 2.05) is 11.3 Å². The van der Waals surface area contributed by atoms with E-state index in [1.54, 1.807) is 0 Å². The predicted octanol–water partition coefficient (Wildman–Crippen LogP) is 11.0. The Balaban J connectivity index is 1.54. The molecule has 1 spiro atoms. The maximum atomic E-state index is 6.80. The van der Waals surface area contributed by atoms with Gasteiger partial charge in [-0.2, -0.15) is 0 Å². The molecule has 1 aliphatic carbocycles. The monoisotopic (exact) mass is 592 g/mol. The fourth-order valence-corrected chi connectivity index (χ4v) is 8.53. The predicted molar refractivity (Wildman–Crippen MR) is 170 cm³/mol. The van der Waals surface area contributed by atoms with Crippen molar-refractivity contribution in [1.82, 2.24) is 0 Å². The SMILES string of the molecule is Brc1ccc2c(c1)C1(c3ccccc3Oc3cc4c(cc31)sc1ccccc14)c1ccccc1-c1ccccc1-2. The molecule has 0 radical (unpaired) electrons. The first-order valence-electron chi connectivity index (χ1n) is 13.5. The summed E-state index contributed by atoms with van der Waals surface area (Å²) in [5.74, 6) is 1.82. The first-order chi connectivity index (χ1) is 19.7. The van der Waals surface area contributed by atoms with Crippen LogP contribution in [0.5, 0.6) is 11.5 Å². The molecule has 188 valence electrons. The van der Waals surface area contributed by atoms with Crippen molar-refractivity contribution in [1.29, 1.82) is 0 Å². The van der Waals surface area contributed by atoms with Crippen LogP contribution in [0.1, 0.15) is 22.3 Å². The van der Waals surface area contributed by atoms with Gasteiger partial charge in [-0.05, 0) is 69.8 Å². The maximum absolute atomic E-state index is 6.80. The molecule has 40 heavy (non-hydrogen) atoms. The second-order valence-electron chi connectivity index (χ2n) is 10.6. The molecule has 3 heteroatoms. The number of benzene rings is 6. The summed E-state index contributed by atoms with van der Waals surface area (Å²) in [5, 5.41) is 2.52. The highest BCUT2D eigenvalue weighted by molar-refractivity contribution is 9.10. The zero-order valence-electron chi connectivity index (χ0n) is 21.3. The zero-order chi connectivity index (χ0) is 26.4. The number of para-hydroxylation sites is 1. The first kappa shape index (κ1) is 22.6. The van der Waals surface area contributed by atoms with E-state index >= 15 is 0 Å². The molecule has 9 rings (SSSR count). The molecule has 0 bridgehead atoms. The molecular formula is C37H21BrOS. The average Bonchev–Trinajstić information content (AvgIpc) is 3.32. The molecule has 1 nitrogen and oxygen atoms in total. The quantitative estimate of drug-likeness (QED) is 0.170. The molecule has 0 saturated heterocycles. The van der Waals surface area contributed by atoms with Gasteiger partial charge in [-0.15, -0.1) is 11.3 Å². The van der Waals surface area contributed by atoms with Crippen LogP contribution in [-0.2, 0) is 5.41 Å². The third kappa shape index (κ3) is 2.86. The fraction of sp³-hybridized carbons (Fsp3) is 0.0270. The van der Waals surface area contributed by atoms with Gasteiger partial charge in [0.25, 0.3) is 0 Å². The Kier molecular flexibility index (Phi) is 4.62. The summed E-state index contributed by atoms with van der Waals surface area (Å²) in [6.45, 7) is 0. The molecule has 0 saturated carbocycles. The minimum atomic E-state index is -0.580. The highest BCUT2D eigenvalue weighted by Gasteiger charge is 2.49. The Hall–Kier alpha value is -4.18. The van der Waals surface area contributed by atoms with Crippen LogP contribution in [0.4, 0.5) is 0 Å². The van der Waals surface area contributed by atoms with Crippen molar-refractivity contribution in [3.05, 3.63) is 154 Å². The molecule has 7 aromatic rings. The second kappa shape index (κ2) is 8.17. The third-order valence-electron chi connectivity index (χ3n) is 8.62. The van der Waals surface area contributed by atoms with E-state index in [4.69, 9.17) is 4.74 Å². The largest absolute Gasteiger partial charge is 0.457 e. The lowest BCUT2D eigenvalue weighted by atomic mass is 9.62. The standard InChI is InChI=1S/C37H21BrOS/c38-22-17-18-26-24-10-2-1-9-23(24)25-11-3-5-13-29(25)37(31(26)19-22)30-14-6-7-15-33(30)39-34-20-28-27-12-4-8-16-35(27)40-36(28)21-32(34)37/h1-21H. The Morgan fingerprint density at radius 1 is 0.475 bits per heavy atom. The van der Waals surface area contributed by atoms with Crippen molar-refractivity contribution in [3.8, 4) is 33.8 Å². The Morgan fingerprint density at radius 2 is 1.15 bits per heavy atom. The number of ether oxygens (including phenoxy) is 1. The van der Waals surface area contributed by atoms with Gasteiger partial charge in [-0.1, -0.05) is 107 Å². The van der Waals surface area contributed by atoms with Crippen LogP contribution in [0.15, 0.2) is 132 Å². The first-order valence-corrected chi connectivity index (χ1v) is 15.1. The van der Waals surface area contributed by atoms with E-state index in [9.17, 15) is 0 Å².